The number of amides is 1. The van der Waals surface area contributed by atoms with Gasteiger partial charge < -0.3 is 15.8 Å². The third-order valence-electron chi connectivity index (χ3n) is 2.35. The molecule has 100 valence electrons. The van der Waals surface area contributed by atoms with E-state index < -0.39 is 0 Å². The minimum Gasteiger partial charge on any atom is -0.497 e. The Balaban J connectivity index is 2.24. The van der Waals surface area contributed by atoms with Crippen molar-refractivity contribution in [2.75, 3.05) is 25.2 Å². The third-order valence-corrected chi connectivity index (χ3v) is 3.39. The summed E-state index contributed by atoms with van der Waals surface area (Å²) in [6.45, 7) is 1.21. The Hall–Kier alpha value is -1.20. The summed E-state index contributed by atoms with van der Waals surface area (Å²) in [6.07, 6.45) is 0.952. The normalized spacial score (nSPS) is 10.1. The van der Waals surface area contributed by atoms with Crippen LogP contribution in [0, 0.1) is 0 Å². The van der Waals surface area contributed by atoms with Crippen LogP contribution in [-0.4, -0.2) is 31.1 Å². The van der Waals surface area contributed by atoms with Gasteiger partial charge in [-0.1, -0.05) is 12.1 Å². The van der Waals surface area contributed by atoms with E-state index in [-0.39, 0.29) is 5.91 Å². The number of carbonyl (C=O) groups excluding carboxylic acids is 1. The SMILES string of the molecule is COc1cccc(CNC(=O)CSCCCN)c1. The monoisotopic (exact) mass is 268 g/mol. The molecule has 0 saturated heterocycles. The average molecular weight is 268 g/mol. The van der Waals surface area contributed by atoms with E-state index in [1.165, 1.54) is 0 Å². The third kappa shape index (κ3) is 5.93. The number of methoxy groups -OCH3 is 1. The van der Waals surface area contributed by atoms with Crippen LogP contribution in [0.5, 0.6) is 5.75 Å². The minimum atomic E-state index is 0.0554. The lowest BCUT2D eigenvalue weighted by Gasteiger charge is -2.06. The van der Waals surface area contributed by atoms with Crippen LogP contribution in [-0.2, 0) is 11.3 Å². The summed E-state index contributed by atoms with van der Waals surface area (Å²) in [5.41, 5.74) is 6.42. The zero-order valence-electron chi connectivity index (χ0n) is 10.6. The number of ether oxygens (including phenoxy) is 1. The van der Waals surface area contributed by atoms with Crippen LogP contribution in [0.25, 0.3) is 0 Å². The first kappa shape index (κ1) is 14.9. The highest BCUT2D eigenvalue weighted by Gasteiger charge is 2.02. The molecule has 0 bridgehead atoms. The fourth-order valence-electron chi connectivity index (χ4n) is 1.38. The lowest BCUT2D eigenvalue weighted by molar-refractivity contribution is -0.118. The van der Waals surface area contributed by atoms with E-state index in [1.54, 1.807) is 18.9 Å². The van der Waals surface area contributed by atoms with Crippen molar-refractivity contribution in [3.05, 3.63) is 29.8 Å². The Morgan fingerprint density at radius 1 is 1.50 bits per heavy atom. The highest BCUT2D eigenvalue weighted by atomic mass is 32.2. The molecule has 3 N–H and O–H groups in total. The molecule has 0 saturated carbocycles. The molecule has 1 amide bonds. The van der Waals surface area contributed by atoms with Crippen LogP contribution in [0.15, 0.2) is 24.3 Å². The standard InChI is InChI=1S/C13H20N2O2S/c1-17-12-5-2-4-11(8-12)9-15-13(16)10-18-7-3-6-14/h2,4-5,8H,3,6-7,9-10,14H2,1H3,(H,15,16). The van der Waals surface area contributed by atoms with Crippen molar-refractivity contribution in [1.29, 1.82) is 0 Å². The number of nitrogens with two attached hydrogens (primary N) is 1. The van der Waals surface area contributed by atoms with Crippen LogP contribution in [0.1, 0.15) is 12.0 Å². The minimum absolute atomic E-state index is 0.0554. The van der Waals surface area contributed by atoms with E-state index >= 15 is 0 Å². The molecule has 0 unspecified atom stereocenters. The smallest absolute Gasteiger partial charge is 0.230 e. The molecule has 0 aliphatic rings. The summed E-state index contributed by atoms with van der Waals surface area (Å²) >= 11 is 1.61. The molecule has 1 aromatic rings. The molecular formula is C13H20N2O2S. The van der Waals surface area contributed by atoms with Gasteiger partial charge in [-0.05, 0) is 36.4 Å². The second kappa shape index (κ2) is 8.83. The molecule has 5 heteroatoms. The van der Waals surface area contributed by atoms with Crippen LogP contribution in [0.4, 0.5) is 0 Å². The highest BCUT2D eigenvalue weighted by Crippen LogP contribution is 2.12. The quantitative estimate of drug-likeness (QED) is 0.699. The van der Waals surface area contributed by atoms with Gasteiger partial charge in [0.25, 0.3) is 0 Å². The fourth-order valence-corrected chi connectivity index (χ4v) is 2.19. The van der Waals surface area contributed by atoms with Crippen molar-refractivity contribution < 1.29 is 9.53 Å². The van der Waals surface area contributed by atoms with E-state index in [9.17, 15) is 4.79 Å². The summed E-state index contributed by atoms with van der Waals surface area (Å²) in [6, 6.07) is 7.68. The molecule has 0 atom stereocenters. The Morgan fingerprint density at radius 3 is 3.06 bits per heavy atom. The average Bonchev–Trinajstić information content (AvgIpc) is 2.41. The van der Waals surface area contributed by atoms with Crippen molar-refractivity contribution in [2.45, 2.75) is 13.0 Å². The molecular weight excluding hydrogens is 248 g/mol. The first-order valence-electron chi connectivity index (χ1n) is 5.93. The summed E-state index contributed by atoms with van der Waals surface area (Å²) in [7, 11) is 1.63. The first-order valence-corrected chi connectivity index (χ1v) is 7.09. The lowest BCUT2D eigenvalue weighted by Crippen LogP contribution is -2.24. The van der Waals surface area contributed by atoms with Gasteiger partial charge in [-0.25, -0.2) is 0 Å². The maximum atomic E-state index is 11.5. The van der Waals surface area contributed by atoms with E-state index in [2.05, 4.69) is 5.32 Å². The molecule has 18 heavy (non-hydrogen) atoms. The van der Waals surface area contributed by atoms with Crippen LogP contribution >= 0.6 is 11.8 Å². The number of hydrogen-bond acceptors (Lipinski definition) is 4. The largest absolute Gasteiger partial charge is 0.497 e. The summed E-state index contributed by atoms with van der Waals surface area (Å²) in [5, 5.41) is 2.88. The van der Waals surface area contributed by atoms with Gasteiger partial charge in [0.05, 0.1) is 12.9 Å². The predicted octanol–water partition coefficient (Wildman–Crippen LogP) is 1.39. The van der Waals surface area contributed by atoms with Gasteiger partial charge in [-0.2, -0.15) is 11.8 Å². The van der Waals surface area contributed by atoms with E-state index in [4.69, 9.17) is 10.5 Å². The Bertz CT molecular complexity index is 372. The number of carbonyl (C=O) groups is 1. The van der Waals surface area contributed by atoms with Crippen LogP contribution < -0.4 is 15.8 Å². The number of hydrogen-bond donors (Lipinski definition) is 2. The molecule has 0 heterocycles. The fraction of sp³-hybridized carbons (Fsp3) is 0.462. The van der Waals surface area contributed by atoms with Gasteiger partial charge in [0.1, 0.15) is 5.75 Å². The summed E-state index contributed by atoms with van der Waals surface area (Å²) in [5.74, 6) is 2.28. The van der Waals surface area contributed by atoms with E-state index in [1.807, 2.05) is 24.3 Å². The maximum absolute atomic E-state index is 11.5. The van der Waals surface area contributed by atoms with Gasteiger partial charge >= 0.3 is 0 Å². The van der Waals surface area contributed by atoms with E-state index in [0.717, 1.165) is 23.5 Å². The van der Waals surface area contributed by atoms with Crippen molar-refractivity contribution in [3.8, 4) is 5.75 Å². The predicted molar refractivity (Wildman–Crippen MR) is 75.8 cm³/mol. The highest BCUT2D eigenvalue weighted by molar-refractivity contribution is 7.99. The molecule has 0 spiro atoms. The zero-order chi connectivity index (χ0) is 13.2. The van der Waals surface area contributed by atoms with Gasteiger partial charge in [0.15, 0.2) is 0 Å². The zero-order valence-corrected chi connectivity index (χ0v) is 11.5. The van der Waals surface area contributed by atoms with Crippen molar-refractivity contribution in [1.82, 2.24) is 5.32 Å². The van der Waals surface area contributed by atoms with E-state index in [0.29, 0.717) is 18.8 Å². The molecule has 0 fully saturated rings. The van der Waals surface area contributed by atoms with Crippen molar-refractivity contribution in [2.24, 2.45) is 5.73 Å². The molecule has 1 aromatic carbocycles. The van der Waals surface area contributed by atoms with Crippen molar-refractivity contribution >= 4 is 17.7 Å². The molecule has 0 radical (unpaired) electrons. The molecule has 0 aliphatic heterocycles. The van der Waals surface area contributed by atoms with Crippen LogP contribution in [0.2, 0.25) is 0 Å². The van der Waals surface area contributed by atoms with Crippen molar-refractivity contribution in [3.63, 3.8) is 0 Å². The van der Waals surface area contributed by atoms with Gasteiger partial charge in [-0.15, -0.1) is 0 Å². The van der Waals surface area contributed by atoms with Gasteiger partial charge in [-0.3, -0.25) is 4.79 Å². The molecule has 1 rings (SSSR count). The Morgan fingerprint density at radius 2 is 2.33 bits per heavy atom. The van der Waals surface area contributed by atoms with Gasteiger partial charge in [0, 0.05) is 6.54 Å². The molecule has 0 aliphatic carbocycles. The van der Waals surface area contributed by atoms with Gasteiger partial charge in [0.2, 0.25) is 5.91 Å². The second-order valence-electron chi connectivity index (χ2n) is 3.82. The number of nitrogens with one attached hydrogen (secondary N) is 1. The number of benzene rings is 1. The Kier molecular flexibility index (Phi) is 7.29. The number of rotatable bonds is 8. The topological polar surface area (TPSA) is 64.3 Å². The summed E-state index contributed by atoms with van der Waals surface area (Å²) in [4.78, 5) is 11.5. The molecule has 0 aromatic heterocycles. The Labute approximate surface area is 112 Å². The lowest BCUT2D eigenvalue weighted by atomic mass is 10.2. The first-order chi connectivity index (χ1) is 8.76. The number of thioether (sulfide) groups is 1. The maximum Gasteiger partial charge on any atom is 0.230 e. The second-order valence-corrected chi connectivity index (χ2v) is 4.93. The van der Waals surface area contributed by atoms with Crippen LogP contribution in [0.3, 0.4) is 0 Å². The molecule has 4 nitrogen and oxygen atoms in total. The summed E-state index contributed by atoms with van der Waals surface area (Å²) < 4.78 is 5.12.